The number of fused-ring (bicyclic) bond motifs is 1. The van der Waals surface area contributed by atoms with Gasteiger partial charge in [0.2, 0.25) is 5.95 Å². The van der Waals surface area contributed by atoms with E-state index in [9.17, 15) is 4.79 Å². The summed E-state index contributed by atoms with van der Waals surface area (Å²) in [5.41, 5.74) is 2.83. The summed E-state index contributed by atoms with van der Waals surface area (Å²) in [5.74, 6) is 0.371. The lowest BCUT2D eigenvalue weighted by Gasteiger charge is -2.09. The molecule has 0 radical (unpaired) electrons. The standard InChI is InChI=1S/C20H16N4OS/c1-26-15-9-7-13(8-10-15)16-11-12-21-18-17(16)19(25)24-20(23-18)22-14-5-3-2-4-6-14/h2-12H,1H3,(H2,21,22,23,24,25). The average Bonchev–Trinajstić information content (AvgIpc) is 2.68. The fourth-order valence-electron chi connectivity index (χ4n) is 2.79. The van der Waals surface area contributed by atoms with Crippen molar-refractivity contribution >= 4 is 34.4 Å². The van der Waals surface area contributed by atoms with Crippen molar-refractivity contribution in [3.8, 4) is 11.1 Å². The minimum Gasteiger partial charge on any atom is -0.326 e. The lowest BCUT2D eigenvalue weighted by atomic mass is 10.0. The van der Waals surface area contributed by atoms with Gasteiger partial charge in [-0.25, -0.2) is 4.98 Å². The minimum absolute atomic E-state index is 0.217. The summed E-state index contributed by atoms with van der Waals surface area (Å²) >= 11 is 1.68. The molecule has 0 bridgehead atoms. The van der Waals surface area contributed by atoms with Crippen LogP contribution in [-0.4, -0.2) is 21.2 Å². The van der Waals surface area contributed by atoms with Crippen LogP contribution in [0, 0.1) is 0 Å². The molecule has 2 heterocycles. The van der Waals surface area contributed by atoms with Crippen LogP contribution in [0.3, 0.4) is 0 Å². The van der Waals surface area contributed by atoms with Crippen molar-refractivity contribution in [3.05, 3.63) is 77.2 Å². The Morgan fingerprint density at radius 3 is 2.50 bits per heavy atom. The SMILES string of the molecule is CSc1ccc(-c2ccnc3nc(Nc4ccccc4)[nH]c(=O)c23)cc1. The van der Waals surface area contributed by atoms with Crippen molar-refractivity contribution in [2.24, 2.45) is 0 Å². The number of nitrogens with one attached hydrogen (secondary N) is 2. The van der Waals surface area contributed by atoms with Gasteiger partial charge in [-0.3, -0.25) is 9.78 Å². The Morgan fingerprint density at radius 1 is 1.00 bits per heavy atom. The first kappa shape index (κ1) is 16.4. The molecule has 2 aromatic heterocycles. The van der Waals surface area contributed by atoms with Crippen LogP contribution in [0.1, 0.15) is 0 Å². The molecule has 2 aromatic carbocycles. The number of aromatic nitrogens is 3. The molecule has 0 atom stereocenters. The third-order valence-electron chi connectivity index (χ3n) is 4.05. The smallest absolute Gasteiger partial charge is 0.262 e. The quantitative estimate of drug-likeness (QED) is 0.526. The predicted octanol–water partition coefficient (Wildman–Crippen LogP) is 4.45. The van der Waals surface area contributed by atoms with E-state index in [4.69, 9.17) is 0 Å². The second-order valence-electron chi connectivity index (χ2n) is 5.69. The number of para-hydroxylation sites is 1. The van der Waals surface area contributed by atoms with E-state index in [1.807, 2.05) is 66.9 Å². The lowest BCUT2D eigenvalue weighted by Crippen LogP contribution is -2.13. The summed E-state index contributed by atoms with van der Waals surface area (Å²) in [5, 5.41) is 3.59. The fraction of sp³-hybridized carbons (Fsp3) is 0.0500. The van der Waals surface area contributed by atoms with Gasteiger partial charge in [-0.15, -0.1) is 11.8 Å². The van der Waals surface area contributed by atoms with Gasteiger partial charge in [-0.2, -0.15) is 4.98 Å². The number of anilines is 2. The van der Waals surface area contributed by atoms with Crippen LogP contribution in [0.25, 0.3) is 22.2 Å². The molecular weight excluding hydrogens is 344 g/mol. The maximum Gasteiger partial charge on any atom is 0.262 e. The van der Waals surface area contributed by atoms with E-state index in [0.29, 0.717) is 17.0 Å². The second kappa shape index (κ2) is 7.01. The first-order valence-corrected chi connectivity index (χ1v) is 9.32. The topological polar surface area (TPSA) is 70.7 Å². The zero-order chi connectivity index (χ0) is 17.9. The number of hydrogen-bond donors (Lipinski definition) is 2. The van der Waals surface area contributed by atoms with Crippen LogP contribution in [-0.2, 0) is 0 Å². The Bertz CT molecular complexity index is 1110. The lowest BCUT2D eigenvalue weighted by molar-refractivity contribution is 1.14. The number of hydrogen-bond acceptors (Lipinski definition) is 5. The third-order valence-corrected chi connectivity index (χ3v) is 4.79. The average molecular weight is 360 g/mol. The zero-order valence-corrected chi connectivity index (χ0v) is 14.9. The predicted molar refractivity (Wildman–Crippen MR) is 107 cm³/mol. The van der Waals surface area contributed by atoms with Gasteiger partial charge in [-0.1, -0.05) is 30.3 Å². The monoisotopic (exact) mass is 360 g/mol. The third kappa shape index (κ3) is 3.19. The van der Waals surface area contributed by atoms with Crippen molar-refractivity contribution in [3.63, 3.8) is 0 Å². The molecule has 0 saturated heterocycles. The van der Waals surface area contributed by atoms with Crippen molar-refractivity contribution in [1.29, 1.82) is 0 Å². The van der Waals surface area contributed by atoms with Crippen LogP contribution in [0.15, 0.2) is 76.6 Å². The van der Waals surface area contributed by atoms with Gasteiger partial charge < -0.3 is 5.32 Å². The molecule has 6 heteroatoms. The van der Waals surface area contributed by atoms with E-state index in [0.717, 1.165) is 16.8 Å². The number of aromatic amines is 1. The Hall–Kier alpha value is -3.12. The van der Waals surface area contributed by atoms with E-state index in [2.05, 4.69) is 20.3 Å². The minimum atomic E-state index is -0.217. The molecule has 4 rings (SSSR count). The second-order valence-corrected chi connectivity index (χ2v) is 6.57. The molecule has 0 unspecified atom stereocenters. The van der Waals surface area contributed by atoms with Crippen LogP contribution < -0.4 is 10.9 Å². The van der Waals surface area contributed by atoms with Gasteiger partial charge >= 0.3 is 0 Å². The highest BCUT2D eigenvalue weighted by Crippen LogP contribution is 2.27. The number of nitrogens with zero attached hydrogens (tertiary/aromatic N) is 2. The normalized spacial score (nSPS) is 10.8. The highest BCUT2D eigenvalue weighted by molar-refractivity contribution is 7.98. The molecule has 0 fully saturated rings. The number of benzene rings is 2. The molecule has 2 N–H and O–H groups in total. The summed E-state index contributed by atoms with van der Waals surface area (Å²) in [4.78, 5) is 25.5. The summed E-state index contributed by atoms with van der Waals surface area (Å²) in [7, 11) is 0. The van der Waals surface area contributed by atoms with Crippen molar-refractivity contribution in [1.82, 2.24) is 15.0 Å². The Balaban J connectivity index is 1.80. The van der Waals surface area contributed by atoms with Gasteiger partial charge in [0, 0.05) is 16.8 Å². The molecule has 0 amide bonds. The van der Waals surface area contributed by atoms with E-state index in [1.54, 1.807) is 18.0 Å². The van der Waals surface area contributed by atoms with Crippen LogP contribution in [0.2, 0.25) is 0 Å². The molecule has 4 aromatic rings. The highest BCUT2D eigenvalue weighted by atomic mass is 32.2. The number of H-pyrrole nitrogens is 1. The molecule has 0 aliphatic rings. The summed E-state index contributed by atoms with van der Waals surface area (Å²) < 4.78 is 0. The molecular formula is C20H16N4OS. The molecule has 26 heavy (non-hydrogen) atoms. The molecule has 128 valence electrons. The van der Waals surface area contributed by atoms with E-state index < -0.39 is 0 Å². The summed E-state index contributed by atoms with van der Waals surface area (Å²) in [6.45, 7) is 0. The first-order chi connectivity index (χ1) is 12.7. The van der Waals surface area contributed by atoms with Gasteiger partial charge in [0.15, 0.2) is 5.65 Å². The number of rotatable bonds is 4. The molecule has 5 nitrogen and oxygen atoms in total. The largest absolute Gasteiger partial charge is 0.326 e. The van der Waals surface area contributed by atoms with Crippen LogP contribution in [0.5, 0.6) is 0 Å². The highest BCUT2D eigenvalue weighted by Gasteiger charge is 2.11. The van der Waals surface area contributed by atoms with E-state index >= 15 is 0 Å². The Morgan fingerprint density at radius 2 is 1.77 bits per heavy atom. The number of pyridine rings is 1. The molecule has 0 aliphatic heterocycles. The maximum atomic E-state index is 12.7. The van der Waals surface area contributed by atoms with Crippen LogP contribution in [0.4, 0.5) is 11.6 Å². The van der Waals surface area contributed by atoms with E-state index in [-0.39, 0.29) is 5.56 Å². The van der Waals surface area contributed by atoms with Crippen molar-refractivity contribution in [2.75, 3.05) is 11.6 Å². The number of thioether (sulfide) groups is 1. The van der Waals surface area contributed by atoms with Gasteiger partial charge in [0.25, 0.3) is 5.56 Å². The summed E-state index contributed by atoms with van der Waals surface area (Å²) in [6, 6.07) is 19.5. The Labute approximate surface area is 154 Å². The van der Waals surface area contributed by atoms with Gasteiger partial charge in [0.1, 0.15) is 0 Å². The van der Waals surface area contributed by atoms with Gasteiger partial charge in [0.05, 0.1) is 5.39 Å². The maximum absolute atomic E-state index is 12.7. The molecule has 0 aliphatic carbocycles. The first-order valence-electron chi connectivity index (χ1n) is 8.10. The molecule has 0 spiro atoms. The fourth-order valence-corrected chi connectivity index (χ4v) is 3.20. The Kier molecular flexibility index (Phi) is 4.41. The van der Waals surface area contributed by atoms with Gasteiger partial charge in [-0.05, 0) is 47.7 Å². The van der Waals surface area contributed by atoms with E-state index in [1.165, 1.54) is 4.90 Å². The molecule has 0 saturated carbocycles. The van der Waals surface area contributed by atoms with Crippen LogP contribution >= 0.6 is 11.8 Å². The summed E-state index contributed by atoms with van der Waals surface area (Å²) in [6.07, 6.45) is 3.71. The van der Waals surface area contributed by atoms with Crippen molar-refractivity contribution in [2.45, 2.75) is 4.90 Å². The zero-order valence-electron chi connectivity index (χ0n) is 14.1. The van der Waals surface area contributed by atoms with Crippen molar-refractivity contribution < 1.29 is 0 Å².